The highest BCUT2D eigenvalue weighted by Gasteiger charge is 2.62. The van der Waals surface area contributed by atoms with E-state index in [4.69, 9.17) is 19.9 Å². The number of nitrogens with two attached hydrogens (primary N) is 1. The lowest BCUT2D eigenvalue weighted by molar-refractivity contribution is -0.142. The zero-order chi connectivity index (χ0) is 31.1. The smallest absolute Gasteiger partial charge is 0.259 e. The topological polar surface area (TPSA) is 179 Å². The van der Waals surface area contributed by atoms with Crippen LogP contribution in [0.1, 0.15) is 32.6 Å². The van der Waals surface area contributed by atoms with E-state index in [-0.39, 0.29) is 19.4 Å². The minimum Gasteiger partial charge on any atom is -0.497 e. The van der Waals surface area contributed by atoms with E-state index in [2.05, 4.69) is 21.6 Å². The van der Waals surface area contributed by atoms with Crippen molar-refractivity contribution in [2.75, 3.05) is 20.8 Å². The molecule has 2 heterocycles. The summed E-state index contributed by atoms with van der Waals surface area (Å²) in [6.07, 6.45) is 3.04. The van der Waals surface area contributed by atoms with Gasteiger partial charge < -0.3 is 30.2 Å². The lowest BCUT2D eigenvalue weighted by Gasteiger charge is -2.29. The van der Waals surface area contributed by atoms with Crippen molar-refractivity contribution in [3.63, 3.8) is 0 Å². The number of likely N-dealkylation sites (tertiary alicyclic amines) is 1. The molecule has 1 aromatic heterocycles. The highest BCUT2D eigenvalue weighted by Crippen LogP contribution is 2.45. The van der Waals surface area contributed by atoms with Gasteiger partial charge in [0.05, 0.1) is 25.0 Å². The number of hydrogen-bond donors (Lipinski definition) is 3. The first-order chi connectivity index (χ1) is 20.4. The number of sulfonamides is 1. The Bertz CT molecular complexity index is 1550. The molecule has 1 saturated heterocycles. The number of carbonyl (C=O) groups is 3. The van der Waals surface area contributed by atoms with Gasteiger partial charge in [-0.05, 0) is 55.8 Å². The summed E-state index contributed by atoms with van der Waals surface area (Å²) < 4.78 is 43.9. The molecule has 0 bridgehead atoms. The average Bonchev–Trinajstić information content (AvgIpc) is 3.92. The molecule has 2 aliphatic carbocycles. The van der Waals surface area contributed by atoms with Crippen LogP contribution in [0.15, 0.2) is 43.1 Å². The Balaban J connectivity index is 1.39. The molecule has 4 N–H and O–H groups in total. The number of amides is 3. The van der Waals surface area contributed by atoms with Crippen molar-refractivity contribution in [1.29, 1.82) is 0 Å². The Morgan fingerprint density at radius 2 is 1.98 bits per heavy atom. The van der Waals surface area contributed by atoms with E-state index in [0.717, 1.165) is 10.8 Å². The molecule has 5 rings (SSSR count). The number of aromatic nitrogens is 1. The van der Waals surface area contributed by atoms with Crippen molar-refractivity contribution in [3.05, 3.63) is 43.1 Å². The van der Waals surface area contributed by atoms with E-state index in [1.807, 2.05) is 18.2 Å². The van der Waals surface area contributed by atoms with E-state index in [1.165, 1.54) is 18.1 Å². The van der Waals surface area contributed by atoms with Crippen molar-refractivity contribution in [2.45, 2.75) is 67.7 Å². The predicted molar refractivity (Wildman–Crippen MR) is 157 cm³/mol. The largest absolute Gasteiger partial charge is 0.497 e. The van der Waals surface area contributed by atoms with Crippen LogP contribution in [0.3, 0.4) is 0 Å². The van der Waals surface area contributed by atoms with Gasteiger partial charge in [0.2, 0.25) is 27.7 Å². The number of ether oxygens (including phenoxy) is 3. The molecule has 43 heavy (non-hydrogen) atoms. The Kier molecular flexibility index (Phi) is 8.38. The summed E-state index contributed by atoms with van der Waals surface area (Å²) in [7, 11) is -0.842. The molecular formula is C29H37N5O8S. The fourth-order valence-corrected chi connectivity index (χ4v) is 6.80. The van der Waals surface area contributed by atoms with E-state index in [9.17, 15) is 22.8 Å². The Morgan fingerprint density at radius 3 is 2.60 bits per heavy atom. The molecule has 1 aliphatic heterocycles. The SMILES string of the molecule is C=CC1CC1(NC(=O)C1CC(Oc2nccc3cc(OC)ccc23)CN1C(=O)C(N)C(C)OC)C(=O)NS(=O)(=O)C1CC1. The summed E-state index contributed by atoms with van der Waals surface area (Å²) in [5.74, 6) is -1.46. The first kappa shape index (κ1) is 30.7. The van der Waals surface area contributed by atoms with Gasteiger partial charge in [-0.25, -0.2) is 13.4 Å². The van der Waals surface area contributed by atoms with Crippen molar-refractivity contribution >= 4 is 38.5 Å². The fraction of sp³-hybridized carbons (Fsp3) is 0.517. The molecule has 0 radical (unpaired) electrons. The average molecular weight is 616 g/mol. The highest BCUT2D eigenvalue weighted by molar-refractivity contribution is 7.91. The second-order valence-corrected chi connectivity index (χ2v) is 13.3. The van der Waals surface area contributed by atoms with E-state index in [0.29, 0.717) is 24.5 Å². The van der Waals surface area contributed by atoms with Crippen LogP contribution in [0.5, 0.6) is 11.6 Å². The minimum atomic E-state index is -3.84. The number of methoxy groups -OCH3 is 2. The van der Waals surface area contributed by atoms with Crippen LogP contribution < -0.4 is 25.2 Å². The number of nitrogens with zero attached hydrogens (tertiary/aromatic N) is 2. The zero-order valence-electron chi connectivity index (χ0n) is 24.3. The maximum absolute atomic E-state index is 13.8. The molecular weight excluding hydrogens is 578 g/mol. The molecule has 14 heteroatoms. The van der Waals surface area contributed by atoms with E-state index < -0.39 is 68.7 Å². The normalized spacial score (nSPS) is 26.3. The summed E-state index contributed by atoms with van der Waals surface area (Å²) in [5.41, 5.74) is 4.70. The van der Waals surface area contributed by atoms with Crippen LogP contribution in [-0.2, 0) is 29.1 Å². The molecule has 3 aliphatic rings. The molecule has 0 spiro atoms. The summed E-state index contributed by atoms with van der Waals surface area (Å²) >= 11 is 0. The number of carbonyl (C=O) groups excluding carboxylic acids is 3. The van der Waals surface area contributed by atoms with Crippen molar-refractivity contribution in [2.24, 2.45) is 11.7 Å². The van der Waals surface area contributed by atoms with Gasteiger partial charge in [0.15, 0.2) is 0 Å². The Labute approximate surface area is 250 Å². The maximum Gasteiger partial charge on any atom is 0.259 e. The van der Waals surface area contributed by atoms with Crippen LogP contribution in [0.2, 0.25) is 0 Å². The number of pyridine rings is 1. The third-order valence-electron chi connectivity index (χ3n) is 8.47. The number of benzene rings is 1. The molecule has 2 aromatic rings. The molecule has 232 valence electrons. The summed E-state index contributed by atoms with van der Waals surface area (Å²) in [6.45, 7) is 5.40. The van der Waals surface area contributed by atoms with Crippen LogP contribution in [-0.4, -0.2) is 91.9 Å². The predicted octanol–water partition coefficient (Wildman–Crippen LogP) is 0.623. The Hall–Kier alpha value is -3.75. The second-order valence-electron chi connectivity index (χ2n) is 11.3. The van der Waals surface area contributed by atoms with Gasteiger partial charge >= 0.3 is 0 Å². The molecule has 6 unspecified atom stereocenters. The number of nitrogens with one attached hydrogen (secondary N) is 2. The van der Waals surface area contributed by atoms with Gasteiger partial charge in [-0.2, -0.15) is 0 Å². The minimum absolute atomic E-state index is 0.0232. The van der Waals surface area contributed by atoms with E-state index >= 15 is 0 Å². The first-order valence-electron chi connectivity index (χ1n) is 14.1. The second kappa shape index (κ2) is 11.7. The van der Waals surface area contributed by atoms with Gasteiger partial charge in [0.1, 0.15) is 29.5 Å². The third kappa shape index (κ3) is 6.04. The lowest BCUT2D eigenvalue weighted by atomic mass is 10.1. The van der Waals surface area contributed by atoms with Gasteiger partial charge in [-0.15, -0.1) is 6.58 Å². The number of fused-ring (bicyclic) bond motifs is 1. The van der Waals surface area contributed by atoms with Crippen LogP contribution in [0.4, 0.5) is 0 Å². The zero-order valence-corrected chi connectivity index (χ0v) is 25.1. The standard InChI is InChI=1S/C29H37N5O8S/c1-5-18-14-29(18,28(37)33-43(38,39)21-7-8-21)32-25(35)23-13-20(15-34(23)27(36)24(30)16(2)40-3)42-26-22-9-6-19(41-4)12-17(22)10-11-31-26/h5-6,9-12,16,18,20-21,23-24H,1,7-8,13-15,30H2,2-4H3,(H,32,35)(H,33,37). The van der Waals surface area contributed by atoms with Gasteiger partial charge in [-0.3, -0.25) is 19.1 Å². The van der Waals surface area contributed by atoms with Gasteiger partial charge in [0.25, 0.3) is 5.91 Å². The quantitative estimate of drug-likeness (QED) is 0.287. The van der Waals surface area contributed by atoms with Crippen molar-refractivity contribution in [1.82, 2.24) is 19.9 Å². The number of hydrogen-bond acceptors (Lipinski definition) is 10. The van der Waals surface area contributed by atoms with Crippen LogP contribution in [0.25, 0.3) is 10.8 Å². The number of rotatable bonds is 12. The monoisotopic (exact) mass is 615 g/mol. The molecule has 13 nitrogen and oxygen atoms in total. The summed E-state index contributed by atoms with van der Waals surface area (Å²) in [4.78, 5) is 46.3. The lowest BCUT2D eigenvalue weighted by Crippen LogP contribution is -2.58. The van der Waals surface area contributed by atoms with E-state index in [1.54, 1.807) is 26.3 Å². The highest BCUT2D eigenvalue weighted by atomic mass is 32.2. The first-order valence-corrected chi connectivity index (χ1v) is 15.7. The Morgan fingerprint density at radius 1 is 1.23 bits per heavy atom. The third-order valence-corrected chi connectivity index (χ3v) is 10.3. The van der Waals surface area contributed by atoms with Crippen molar-refractivity contribution in [3.8, 4) is 11.6 Å². The molecule has 1 aromatic carbocycles. The summed E-state index contributed by atoms with van der Waals surface area (Å²) in [5, 5.41) is 3.69. The maximum atomic E-state index is 13.8. The molecule has 3 fully saturated rings. The summed E-state index contributed by atoms with van der Waals surface area (Å²) in [6, 6.07) is 5.13. The van der Waals surface area contributed by atoms with Gasteiger partial charge in [-0.1, -0.05) is 6.08 Å². The molecule has 3 amide bonds. The molecule has 6 atom stereocenters. The van der Waals surface area contributed by atoms with Gasteiger partial charge in [0, 0.05) is 31.0 Å². The fourth-order valence-electron chi connectivity index (χ4n) is 5.44. The van der Waals surface area contributed by atoms with Crippen molar-refractivity contribution < 1.29 is 37.0 Å². The van der Waals surface area contributed by atoms with Crippen LogP contribution in [0, 0.1) is 5.92 Å². The molecule has 2 saturated carbocycles. The van der Waals surface area contributed by atoms with Crippen LogP contribution >= 0.6 is 0 Å².